The van der Waals surface area contributed by atoms with Crippen molar-refractivity contribution in [3.63, 3.8) is 0 Å². The normalized spacial score (nSPS) is 18.4. The minimum Gasteiger partial charge on any atom is -0.339 e. The number of Topliss-reactive ketones (excluding diaryl/α,β-unsaturated/α-hetero) is 2. The zero-order valence-corrected chi connectivity index (χ0v) is 18.8. The fraction of sp³-hybridized carbons (Fsp3) is 0.423. The highest BCUT2D eigenvalue weighted by Crippen LogP contribution is 2.46. The van der Waals surface area contributed by atoms with Gasteiger partial charge in [-0.1, -0.05) is 5.92 Å². The van der Waals surface area contributed by atoms with Gasteiger partial charge in [0.1, 0.15) is 17.5 Å². The highest BCUT2D eigenvalue weighted by molar-refractivity contribution is 6.10. The van der Waals surface area contributed by atoms with E-state index in [2.05, 4.69) is 22.0 Å². The first kappa shape index (κ1) is 21.9. The van der Waals surface area contributed by atoms with Crippen molar-refractivity contribution in [1.29, 1.82) is 0 Å². The number of benzene rings is 1. The zero-order valence-electron chi connectivity index (χ0n) is 18.8. The number of likely N-dealkylation sites (tertiary alicyclic amines) is 1. The first-order valence-corrected chi connectivity index (χ1v) is 11.0. The lowest BCUT2D eigenvalue weighted by Crippen LogP contribution is -2.48. The summed E-state index contributed by atoms with van der Waals surface area (Å²) in [5, 5.41) is 7.49. The van der Waals surface area contributed by atoms with E-state index in [0.717, 1.165) is 22.3 Å². The molecule has 1 aromatic carbocycles. The van der Waals surface area contributed by atoms with E-state index >= 15 is 0 Å². The summed E-state index contributed by atoms with van der Waals surface area (Å²) in [6, 6.07) is 5.57. The number of rotatable bonds is 2. The molecule has 2 aromatic rings. The zero-order chi connectivity index (χ0) is 22.9. The topological polar surface area (TPSA) is 80.2 Å². The Labute approximate surface area is 188 Å². The summed E-state index contributed by atoms with van der Waals surface area (Å²) in [6.45, 7) is 6.76. The lowest BCUT2D eigenvalue weighted by atomic mass is 9.62. The summed E-state index contributed by atoms with van der Waals surface area (Å²) in [4.78, 5) is 41.1. The van der Waals surface area contributed by atoms with Crippen LogP contribution in [0.4, 0.5) is 0 Å². The largest absolute Gasteiger partial charge is 0.339 e. The second kappa shape index (κ2) is 8.66. The van der Waals surface area contributed by atoms with Gasteiger partial charge < -0.3 is 4.90 Å². The molecule has 2 aliphatic rings. The van der Waals surface area contributed by atoms with Gasteiger partial charge in [0.15, 0.2) is 0 Å². The minimum atomic E-state index is -0.688. The first-order chi connectivity index (χ1) is 15.3. The molecule has 1 saturated carbocycles. The number of carbonyl (C=O) groups excluding carboxylic acids is 3. The summed E-state index contributed by atoms with van der Waals surface area (Å²) >= 11 is 0. The van der Waals surface area contributed by atoms with Gasteiger partial charge in [0.05, 0.1) is 18.0 Å². The maximum absolute atomic E-state index is 13.3. The van der Waals surface area contributed by atoms with Crippen molar-refractivity contribution in [3.8, 4) is 11.8 Å². The van der Waals surface area contributed by atoms with E-state index in [1.807, 2.05) is 26.0 Å². The van der Waals surface area contributed by atoms with Gasteiger partial charge in [-0.15, -0.1) is 5.92 Å². The molecule has 1 aliphatic heterocycles. The van der Waals surface area contributed by atoms with E-state index in [9.17, 15) is 14.4 Å². The summed E-state index contributed by atoms with van der Waals surface area (Å²) in [6.07, 6.45) is 5.06. The SMILES string of the molecule is CC#Cc1cc(C)c(C2C(=O)CC3(CCN(C(=O)c4ccnnc4)CC3)CC2=O)c(C)c1. The summed E-state index contributed by atoms with van der Waals surface area (Å²) < 4.78 is 0. The third-order valence-corrected chi connectivity index (χ3v) is 6.84. The van der Waals surface area contributed by atoms with E-state index in [4.69, 9.17) is 0 Å². The van der Waals surface area contributed by atoms with Gasteiger partial charge in [-0.25, -0.2) is 0 Å². The molecule has 1 amide bonds. The van der Waals surface area contributed by atoms with Gasteiger partial charge in [-0.2, -0.15) is 10.2 Å². The molecule has 0 N–H and O–H groups in total. The van der Waals surface area contributed by atoms with Gasteiger partial charge in [-0.05, 0) is 73.9 Å². The van der Waals surface area contributed by atoms with Crippen molar-refractivity contribution >= 4 is 17.5 Å². The molecule has 0 unspecified atom stereocenters. The molecule has 0 radical (unpaired) electrons. The number of carbonyl (C=O) groups is 3. The summed E-state index contributed by atoms with van der Waals surface area (Å²) in [5.41, 5.74) is 3.80. The van der Waals surface area contributed by atoms with Gasteiger partial charge >= 0.3 is 0 Å². The lowest BCUT2D eigenvalue weighted by Gasteiger charge is -2.44. The van der Waals surface area contributed by atoms with Crippen LogP contribution in [0.1, 0.15) is 71.1 Å². The van der Waals surface area contributed by atoms with Crippen molar-refractivity contribution in [1.82, 2.24) is 15.1 Å². The predicted octanol–water partition coefficient (Wildman–Crippen LogP) is 3.40. The Bertz CT molecular complexity index is 1090. The average molecular weight is 430 g/mol. The molecule has 2 fully saturated rings. The molecule has 4 rings (SSSR count). The highest BCUT2D eigenvalue weighted by Gasteiger charge is 2.47. The van der Waals surface area contributed by atoms with Crippen molar-refractivity contribution in [2.75, 3.05) is 13.1 Å². The maximum Gasteiger partial charge on any atom is 0.255 e. The predicted molar refractivity (Wildman–Crippen MR) is 120 cm³/mol. The van der Waals surface area contributed by atoms with Crippen LogP contribution in [0, 0.1) is 31.1 Å². The quantitative estimate of drug-likeness (QED) is 0.540. The Morgan fingerprint density at radius 1 is 1.06 bits per heavy atom. The van der Waals surface area contributed by atoms with Crippen molar-refractivity contribution < 1.29 is 14.4 Å². The lowest BCUT2D eigenvalue weighted by molar-refractivity contribution is -0.138. The molecular formula is C26H27N3O3. The van der Waals surface area contributed by atoms with Gasteiger partial charge in [-0.3, -0.25) is 14.4 Å². The maximum atomic E-state index is 13.3. The van der Waals surface area contributed by atoms with E-state index in [1.54, 1.807) is 17.9 Å². The summed E-state index contributed by atoms with van der Waals surface area (Å²) in [7, 11) is 0. The fourth-order valence-corrected chi connectivity index (χ4v) is 5.29. The van der Waals surface area contributed by atoms with Crippen LogP contribution >= 0.6 is 0 Å². The molecular weight excluding hydrogens is 402 g/mol. The number of hydrogen-bond acceptors (Lipinski definition) is 5. The van der Waals surface area contributed by atoms with Gasteiger partial charge in [0.2, 0.25) is 0 Å². The number of aryl methyl sites for hydroxylation is 2. The van der Waals surface area contributed by atoms with Crippen LogP contribution in [0.3, 0.4) is 0 Å². The van der Waals surface area contributed by atoms with Crippen molar-refractivity contribution in [2.24, 2.45) is 5.41 Å². The van der Waals surface area contributed by atoms with Crippen LogP contribution in [-0.2, 0) is 9.59 Å². The number of nitrogens with zero attached hydrogens (tertiary/aromatic N) is 3. The first-order valence-electron chi connectivity index (χ1n) is 11.0. The van der Waals surface area contributed by atoms with Crippen LogP contribution < -0.4 is 0 Å². The van der Waals surface area contributed by atoms with E-state index in [-0.39, 0.29) is 22.9 Å². The third kappa shape index (κ3) is 4.08. The van der Waals surface area contributed by atoms with Crippen LogP contribution in [0.5, 0.6) is 0 Å². The van der Waals surface area contributed by atoms with E-state index in [0.29, 0.717) is 44.3 Å². The molecule has 1 aliphatic carbocycles. The Balaban J connectivity index is 1.49. The fourth-order valence-electron chi connectivity index (χ4n) is 5.29. The Kier molecular flexibility index (Phi) is 5.92. The smallest absolute Gasteiger partial charge is 0.255 e. The number of amides is 1. The molecule has 0 atom stereocenters. The standard InChI is InChI=1S/C26H27N3O3/c1-4-5-19-12-17(2)23(18(3)13-19)24-21(30)14-26(15-22(24)31)7-10-29(11-8-26)25(32)20-6-9-27-28-16-20/h6,9,12-13,16,24H,7-8,10-11,14-15H2,1-3H3. The Hall–Kier alpha value is -3.33. The monoisotopic (exact) mass is 429 g/mol. The minimum absolute atomic E-state index is 0.000106. The van der Waals surface area contributed by atoms with E-state index < -0.39 is 5.92 Å². The van der Waals surface area contributed by atoms with Crippen LogP contribution in [0.25, 0.3) is 0 Å². The second-order valence-corrected chi connectivity index (χ2v) is 9.04. The number of aromatic nitrogens is 2. The molecule has 32 heavy (non-hydrogen) atoms. The number of ketones is 2. The molecule has 1 aromatic heterocycles. The number of piperidine rings is 1. The second-order valence-electron chi connectivity index (χ2n) is 9.04. The van der Waals surface area contributed by atoms with Crippen molar-refractivity contribution in [3.05, 3.63) is 58.4 Å². The highest BCUT2D eigenvalue weighted by atomic mass is 16.2. The van der Waals surface area contributed by atoms with Crippen LogP contribution in [-0.4, -0.2) is 45.7 Å². The third-order valence-electron chi connectivity index (χ3n) is 6.84. The van der Waals surface area contributed by atoms with Gasteiger partial charge in [0, 0.05) is 31.5 Å². The molecule has 6 heteroatoms. The molecule has 2 heterocycles. The van der Waals surface area contributed by atoms with Crippen LogP contribution in [0.2, 0.25) is 0 Å². The molecule has 164 valence electrons. The molecule has 1 saturated heterocycles. The van der Waals surface area contributed by atoms with E-state index in [1.165, 1.54) is 12.4 Å². The van der Waals surface area contributed by atoms with Crippen LogP contribution in [0.15, 0.2) is 30.6 Å². The Morgan fingerprint density at radius 3 is 2.22 bits per heavy atom. The average Bonchev–Trinajstić information content (AvgIpc) is 2.76. The van der Waals surface area contributed by atoms with Crippen molar-refractivity contribution in [2.45, 2.75) is 52.4 Å². The summed E-state index contributed by atoms with van der Waals surface area (Å²) in [5.74, 6) is 5.18. The molecule has 1 spiro atoms. The Morgan fingerprint density at radius 2 is 1.69 bits per heavy atom. The molecule has 0 bridgehead atoms. The van der Waals surface area contributed by atoms with Gasteiger partial charge in [0.25, 0.3) is 5.91 Å². The molecule has 6 nitrogen and oxygen atoms in total. The number of hydrogen-bond donors (Lipinski definition) is 0.